The van der Waals surface area contributed by atoms with Gasteiger partial charge in [0, 0.05) is 31.9 Å². The number of hydrogen-bond donors (Lipinski definition) is 2. The van der Waals surface area contributed by atoms with Crippen LogP contribution < -0.4 is 10.5 Å². The van der Waals surface area contributed by atoms with Gasteiger partial charge in [0.05, 0.1) is 18.3 Å². The third kappa shape index (κ3) is 4.33. The minimum Gasteiger partial charge on any atom is -0.466 e. The average Bonchev–Trinajstić information content (AvgIpc) is 3.20. The van der Waals surface area contributed by atoms with Crippen LogP contribution in [-0.4, -0.2) is 58.1 Å². The molecule has 0 saturated carbocycles. The van der Waals surface area contributed by atoms with E-state index in [1.807, 2.05) is 42.2 Å². The summed E-state index contributed by atoms with van der Waals surface area (Å²) in [5.74, 6) is 0. The van der Waals surface area contributed by atoms with Gasteiger partial charge in [-0.15, -0.1) is 0 Å². The van der Waals surface area contributed by atoms with Crippen LogP contribution in [0.3, 0.4) is 0 Å². The van der Waals surface area contributed by atoms with Crippen molar-refractivity contribution in [2.45, 2.75) is 19.9 Å². The van der Waals surface area contributed by atoms with Crippen LogP contribution in [0.1, 0.15) is 25.5 Å². The number of nitrogens with zero attached hydrogens (tertiary/aromatic N) is 5. The summed E-state index contributed by atoms with van der Waals surface area (Å²) >= 11 is 0. The summed E-state index contributed by atoms with van der Waals surface area (Å²) in [5.41, 5.74) is 3.52. The summed E-state index contributed by atoms with van der Waals surface area (Å²) in [5, 5.41) is 21.0. The Morgan fingerprint density at radius 1 is 1.00 bits per heavy atom. The Morgan fingerprint density at radius 2 is 1.65 bits per heavy atom. The number of hydrogen-bond acceptors (Lipinski definition) is 5. The maximum absolute atomic E-state index is 8.61. The molecular formula is C23H29N7O. The Kier molecular flexibility index (Phi) is 6.06. The lowest BCUT2D eigenvalue weighted by Gasteiger charge is -2.36. The van der Waals surface area contributed by atoms with E-state index in [2.05, 4.69) is 41.2 Å². The van der Waals surface area contributed by atoms with Crippen LogP contribution in [0.15, 0.2) is 60.9 Å². The molecular weight excluding hydrogens is 390 g/mol. The van der Waals surface area contributed by atoms with E-state index in [1.165, 1.54) is 0 Å². The third-order valence-electron chi connectivity index (χ3n) is 5.73. The molecule has 0 radical (unpaired) electrons. The van der Waals surface area contributed by atoms with Crippen LogP contribution in [0.4, 0.5) is 5.69 Å². The summed E-state index contributed by atoms with van der Waals surface area (Å²) in [7, 11) is 0. The highest BCUT2D eigenvalue weighted by molar-refractivity contribution is 5.70. The van der Waals surface area contributed by atoms with E-state index in [-0.39, 0.29) is 12.1 Å². The molecule has 0 aliphatic carbocycles. The van der Waals surface area contributed by atoms with Crippen LogP contribution in [0.2, 0.25) is 0 Å². The number of piperazine rings is 1. The molecule has 2 heterocycles. The van der Waals surface area contributed by atoms with E-state index in [9.17, 15) is 0 Å². The Labute approximate surface area is 182 Å². The molecule has 8 heteroatoms. The molecule has 1 fully saturated rings. The summed E-state index contributed by atoms with van der Waals surface area (Å²) in [6.45, 7) is 7.72. The molecule has 3 aromatic rings. The molecule has 4 rings (SSSR count). The zero-order valence-electron chi connectivity index (χ0n) is 18.0. The van der Waals surface area contributed by atoms with E-state index in [4.69, 9.17) is 15.6 Å². The third-order valence-corrected chi connectivity index (χ3v) is 5.73. The average molecular weight is 420 g/mol. The zero-order chi connectivity index (χ0) is 21.8. The topological polar surface area (TPSA) is 86.2 Å². The first-order valence-corrected chi connectivity index (χ1v) is 10.7. The van der Waals surface area contributed by atoms with E-state index in [0.717, 1.165) is 43.1 Å². The van der Waals surface area contributed by atoms with Crippen LogP contribution in [0, 0.1) is 10.8 Å². The van der Waals surface area contributed by atoms with Gasteiger partial charge in [-0.3, -0.25) is 15.4 Å². The molecule has 31 heavy (non-hydrogen) atoms. The van der Waals surface area contributed by atoms with Crippen LogP contribution in [0.25, 0.3) is 5.69 Å². The fourth-order valence-electron chi connectivity index (χ4n) is 3.89. The van der Waals surface area contributed by atoms with Gasteiger partial charge in [0.1, 0.15) is 6.33 Å². The van der Waals surface area contributed by atoms with Gasteiger partial charge in [0.25, 0.3) is 6.02 Å². The highest BCUT2D eigenvalue weighted by Gasteiger charge is 2.20. The quantitative estimate of drug-likeness (QED) is 0.492. The van der Waals surface area contributed by atoms with Crippen molar-refractivity contribution >= 4 is 11.7 Å². The molecule has 1 aliphatic rings. The molecule has 2 aromatic carbocycles. The summed E-state index contributed by atoms with van der Waals surface area (Å²) in [6, 6.07) is 18.6. The van der Waals surface area contributed by atoms with Crippen molar-refractivity contribution in [3.63, 3.8) is 0 Å². The number of benzene rings is 2. The van der Waals surface area contributed by atoms with Crippen molar-refractivity contribution in [2.24, 2.45) is 0 Å². The van der Waals surface area contributed by atoms with Crippen LogP contribution in [0.5, 0.6) is 0 Å². The van der Waals surface area contributed by atoms with Gasteiger partial charge in [-0.1, -0.05) is 30.3 Å². The van der Waals surface area contributed by atoms with Crippen molar-refractivity contribution in [1.29, 1.82) is 10.8 Å². The minimum atomic E-state index is -0.0130. The predicted octanol–water partition coefficient (Wildman–Crippen LogP) is 2.86. The van der Waals surface area contributed by atoms with Gasteiger partial charge in [-0.2, -0.15) is 5.10 Å². The second-order valence-electron chi connectivity index (χ2n) is 7.58. The molecule has 1 aliphatic heterocycles. The van der Waals surface area contributed by atoms with Gasteiger partial charge in [-0.05, 0) is 43.7 Å². The zero-order valence-corrected chi connectivity index (χ0v) is 18.0. The Bertz CT molecular complexity index is 1060. The lowest BCUT2D eigenvalue weighted by molar-refractivity contribution is 0.232. The molecule has 1 aromatic heterocycles. The maximum atomic E-state index is 8.61. The molecule has 2 N–H and O–H groups in total. The fourth-order valence-corrected chi connectivity index (χ4v) is 3.89. The molecule has 8 nitrogen and oxygen atoms in total. The van der Waals surface area contributed by atoms with Crippen LogP contribution in [-0.2, 0) is 4.74 Å². The lowest BCUT2D eigenvalue weighted by atomic mass is 10.1. The Balaban J connectivity index is 1.45. The summed E-state index contributed by atoms with van der Waals surface area (Å²) < 4.78 is 8.84. The number of rotatable bonds is 5. The second kappa shape index (κ2) is 9.07. The first-order chi connectivity index (χ1) is 15.1. The van der Waals surface area contributed by atoms with Crippen molar-refractivity contribution in [1.82, 2.24) is 19.2 Å². The summed E-state index contributed by atoms with van der Waals surface area (Å²) in [4.78, 5) is 4.28. The van der Waals surface area contributed by atoms with Gasteiger partial charge in [-0.25, -0.2) is 4.68 Å². The molecule has 0 amide bonds. The van der Waals surface area contributed by atoms with E-state index >= 15 is 0 Å². The maximum Gasteiger partial charge on any atom is 0.284 e. The number of ether oxygens (including phenoxy) is 1. The second-order valence-corrected chi connectivity index (χ2v) is 7.58. The summed E-state index contributed by atoms with van der Waals surface area (Å²) in [6.07, 6.45) is 1.70. The molecule has 0 spiro atoms. The van der Waals surface area contributed by atoms with E-state index < -0.39 is 0 Å². The van der Waals surface area contributed by atoms with E-state index in [1.54, 1.807) is 15.6 Å². The number of nitrogens with one attached hydrogen (secondary N) is 2. The minimum absolute atomic E-state index is 0.0130. The molecule has 0 bridgehead atoms. The van der Waals surface area contributed by atoms with E-state index in [0.29, 0.717) is 12.2 Å². The smallest absolute Gasteiger partial charge is 0.284 e. The van der Waals surface area contributed by atoms with Crippen molar-refractivity contribution in [3.05, 3.63) is 72.1 Å². The Hall–Kier alpha value is -3.55. The molecule has 1 unspecified atom stereocenters. The van der Waals surface area contributed by atoms with Gasteiger partial charge in [0.2, 0.25) is 5.62 Å². The van der Waals surface area contributed by atoms with Crippen molar-refractivity contribution in [2.75, 3.05) is 37.7 Å². The standard InChI is InChI=1S/C23H29N7O/c1-3-31-23(25)28-15-13-27(14-16-28)20-9-11-21(12-10-20)29-17-26-30(22(29)24)18(2)19-7-5-4-6-8-19/h4-12,17-18,24-25H,3,13-16H2,1-2H3. The monoisotopic (exact) mass is 419 g/mol. The van der Waals surface area contributed by atoms with Crippen molar-refractivity contribution in [3.8, 4) is 5.69 Å². The molecule has 162 valence electrons. The van der Waals surface area contributed by atoms with Gasteiger partial charge < -0.3 is 14.5 Å². The van der Waals surface area contributed by atoms with Crippen LogP contribution >= 0.6 is 0 Å². The lowest BCUT2D eigenvalue weighted by Crippen LogP contribution is -2.49. The number of aromatic nitrogens is 3. The first-order valence-electron chi connectivity index (χ1n) is 10.7. The fraction of sp³-hybridized carbons (Fsp3) is 0.348. The highest BCUT2D eigenvalue weighted by atomic mass is 16.5. The predicted molar refractivity (Wildman–Crippen MR) is 121 cm³/mol. The number of anilines is 1. The normalized spacial score (nSPS) is 15.0. The SMILES string of the molecule is CCOC(=N)N1CCN(c2ccc(-n3cnn(C(C)c4ccccc4)c3=N)cc2)CC1. The van der Waals surface area contributed by atoms with Crippen molar-refractivity contribution < 1.29 is 4.74 Å². The molecule has 1 saturated heterocycles. The molecule has 1 atom stereocenters. The highest BCUT2D eigenvalue weighted by Crippen LogP contribution is 2.19. The number of amidine groups is 1. The Morgan fingerprint density at radius 3 is 2.29 bits per heavy atom. The van der Waals surface area contributed by atoms with Gasteiger partial charge >= 0.3 is 0 Å². The first kappa shape index (κ1) is 20.7. The largest absolute Gasteiger partial charge is 0.466 e. The van der Waals surface area contributed by atoms with Gasteiger partial charge in [0.15, 0.2) is 0 Å².